The van der Waals surface area contributed by atoms with Crippen molar-refractivity contribution in [3.63, 3.8) is 0 Å². The van der Waals surface area contributed by atoms with Crippen LogP contribution in [0.15, 0.2) is 54.6 Å². The van der Waals surface area contributed by atoms with Gasteiger partial charge in [-0.3, -0.25) is 4.79 Å². The van der Waals surface area contributed by atoms with Crippen molar-refractivity contribution < 1.29 is 23.9 Å². The second kappa shape index (κ2) is 9.17. The van der Waals surface area contributed by atoms with Gasteiger partial charge in [-0.25, -0.2) is 9.59 Å². The Morgan fingerprint density at radius 3 is 2.38 bits per heavy atom. The first kappa shape index (κ1) is 18.9. The monoisotopic (exact) mass is 353 g/mol. The molecule has 0 bridgehead atoms. The van der Waals surface area contributed by atoms with Gasteiger partial charge >= 0.3 is 11.9 Å². The van der Waals surface area contributed by atoms with E-state index in [0.717, 1.165) is 5.56 Å². The highest BCUT2D eigenvalue weighted by molar-refractivity contribution is 5.95. The minimum Gasteiger partial charge on any atom is -0.465 e. The van der Waals surface area contributed by atoms with Crippen molar-refractivity contribution in [2.45, 2.75) is 6.92 Å². The summed E-state index contributed by atoms with van der Waals surface area (Å²) >= 11 is 0. The molecule has 2 aromatic carbocycles. The third-order valence-electron chi connectivity index (χ3n) is 3.51. The van der Waals surface area contributed by atoms with Crippen molar-refractivity contribution in [3.8, 4) is 0 Å². The average Bonchev–Trinajstić information content (AvgIpc) is 2.66. The number of hydrogen-bond donors (Lipinski definition) is 1. The van der Waals surface area contributed by atoms with Crippen LogP contribution in [0.1, 0.15) is 21.5 Å². The lowest BCUT2D eigenvalue weighted by molar-refractivity contribution is -0.142. The van der Waals surface area contributed by atoms with Crippen molar-refractivity contribution in [2.24, 2.45) is 0 Å². The van der Waals surface area contributed by atoms with Crippen molar-refractivity contribution >= 4 is 29.6 Å². The zero-order valence-corrected chi connectivity index (χ0v) is 14.5. The highest BCUT2D eigenvalue weighted by Gasteiger charge is 2.07. The van der Waals surface area contributed by atoms with E-state index >= 15 is 0 Å². The second-order valence-electron chi connectivity index (χ2n) is 5.42. The van der Waals surface area contributed by atoms with E-state index in [4.69, 9.17) is 4.74 Å². The first-order chi connectivity index (χ1) is 12.5. The lowest BCUT2D eigenvalue weighted by Crippen LogP contribution is -2.20. The molecule has 1 amide bonds. The number of rotatable bonds is 6. The molecule has 26 heavy (non-hydrogen) atoms. The molecule has 1 N–H and O–H groups in total. The summed E-state index contributed by atoms with van der Waals surface area (Å²) in [6.07, 6.45) is 2.75. The maximum absolute atomic E-state index is 11.8. The standard InChI is InChI=1S/C20H19NO5/c1-14-5-3-4-6-17(14)21-18(22)13-26-19(23)12-9-15-7-10-16(11-8-15)20(24)25-2/h3-12H,13H2,1-2H3,(H,21,22)/b12-9+. The molecule has 0 aromatic heterocycles. The molecule has 0 unspecified atom stereocenters. The number of benzene rings is 2. The van der Waals surface area contributed by atoms with E-state index in [9.17, 15) is 14.4 Å². The summed E-state index contributed by atoms with van der Waals surface area (Å²) in [5.74, 6) is -1.48. The topological polar surface area (TPSA) is 81.7 Å². The number of nitrogens with one attached hydrogen (secondary N) is 1. The molecule has 2 aromatic rings. The summed E-state index contributed by atoms with van der Waals surface area (Å²) in [5, 5.41) is 2.68. The summed E-state index contributed by atoms with van der Waals surface area (Å²) in [6.45, 7) is 1.49. The van der Waals surface area contributed by atoms with Crippen LogP contribution in [0.3, 0.4) is 0 Å². The van der Waals surface area contributed by atoms with Crippen LogP contribution >= 0.6 is 0 Å². The van der Waals surface area contributed by atoms with Gasteiger partial charge in [-0.1, -0.05) is 30.3 Å². The molecule has 0 atom stereocenters. The number of methoxy groups -OCH3 is 1. The number of carbonyl (C=O) groups is 3. The van der Waals surface area contributed by atoms with Crippen molar-refractivity contribution in [3.05, 3.63) is 71.3 Å². The summed E-state index contributed by atoms with van der Waals surface area (Å²) in [6, 6.07) is 13.8. The van der Waals surface area contributed by atoms with Gasteiger partial charge in [-0.15, -0.1) is 0 Å². The number of para-hydroxylation sites is 1. The minimum atomic E-state index is -0.637. The average molecular weight is 353 g/mol. The van der Waals surface area contributed by atoms with Crippen molar-refractivity contribution in [2.75, 3.05) is 19.0 Å². The largest absolute Gasteiger partial charge is 0.465 e. The lowest BCUT2D eigenvalue weighted by atomic mass is 10.1. The number of carbonyl (C=O) groups excluding carboxylic acids is 3. The SMILES string of the molecule is COC(=O)c1ccc(/C=C/C(=O)OCC(=O)Nc2ccccc2C)cc1. The molecule has 0 saturated heterocycles. The predicted molar refractivity (Wildman–Crippen MR) is 97.6 cm³/mol. The predicted octanol–water partition coefficient (Wildman–Crippen LogP) is 2.98. The Kier molecular flexibility index (Phi) is 6.68. The van der Waals surface area contributed by atoms with Crippen molar-refractivity contribution in [1.29, 1.82) is 0 Å². The molecular weight excluding hydrogens is 334 g/mol. The van der Waals surface area contributed by atoms with Gasteiger partial charge in [-0.2, -0.15) is 0 Å². The van der Waals surface area contributed by atoms with Crippen LogP contribution in [0.2, 0.25) is 0 Å². The van der Waals surface area contributed by atoms with Gasteiger partial charge < -0.3 is 14.8 Å². The normalized spacial score (nSPS) is 10.4. The number of anilines is 1. The molecule has 0 heterocycles. The quantitative estimate of drug-likeness (QED) is 0.638. The zero-order chi connectivity index (χ0) is 18.9. The summed E-state index contributed by atoms with van der Waals surface area (Å²) in [4.78, 5) is 34.9. The Morgan fingerprint density at radius 1 is 1.04 bits per heavy atom. The van der Waals surface area contributed by atoms with Gasteiger partial charge in [0.15, 0.2) is 6.61 Å². The van der Waals surface area contributed by atoms with Gasteiger partial charge in [-0.05, 0) is 42.3 Å². The number of aryl methyl sites for hydroxylation is 1. The van der Waals surface area contributed by atoms with Crippen LogP contribution in [0.4, 0.5) is 5.69 Å². The van der Waals surface area contributed by atoms with E-state index < -0.39 is 17.8 Å². The van der Waals surface area contributed by atoms with Gasteiger partial charge in [0.05, 0.1) is 12.7 Å². The second-order valence-corrected chi connectivity index (χ2v) is 5.42. The van der Waals surface area contributed by atoms with Crippen LogP contribution in [0.5, 0.6) is 0 Å². The molecule has 0 saturated carbocycles. The lowest BCUT2D eigenvalue weighted by Gasteiger charge is -2.07. The third kappa shape index (κ3) is 5.59. The molecule has 134 valence electrons. The fourth-order valence-corrected chi connectivity index (χ4v) is 2.10. The fourth-order valence-electron chi connectivity index (χ4n) is 2.10. The zero-order valence-electron chi connectivity index (χ0n) is 14.5. The van der Waals surface area contributed by atoms with E-state index in [0.29, 0.717) is 16.8 Å². The minimum absolute atomic E-state index is 0.376. The van der Waals surface area contributed by atoms with Crippen molar-refractivity contribution in [1.82, 2.24) is 0 Å². The van der Waals surface area contributed by atoms with E-state index in [2.05, 4.69) is 10.1 Å². The van der Waals surface area contributed by atoms with E-state index in [-0.39, 0.29) is 6.61 Å². The molecule has 2 rings (SSSR count). The highest BCUT2D eigenvalue weighted by atomic mass is 16.5. The van der Waals surface area contributed by atoms with Crippen LogP contribution < -0.4 is 5.32 Å². The van der Waals surface area contributed by atoms with Gasteiger partial charge in [0.1, 0.15) is 0 Å². The molecule has 0 fully saturated rings. The molecule has 0 aliphatic heterocycles. The Labute approximate surface area is 151 Å². The highest BCUT2D eigenvalue weighted by Crippen LogP contribution is 2.12. The molecule has 0 radical (unpaired) electrons. The Bertz CT molecular complexity index is 824. The molecular formula is C20H19NO5. The van der Waals surface area contributed by atoms with E-state index in [1.54, 1.807) is 30.3 Å². The molecule has 6 heteroatoms. The fraction of sp³-hybridized carbons (Fsp3) is 0.150. The smallest absolute Gasteiger partial charge is 0.337 e. The van der Waals surface area contributed by atoms with E-state index in [1.165, 1.54) is 19.3 Å². The maximum Gasteiger partial charge on any atom is 0.337 e. The van der Waals surface area contributed by atoms with Crippen LogP contribution in [-0.4, -0.2) is 31.6 Å². The Hall–Kier alpha value is -3.41. The van der Waals surface area contributed by atoms with Gasteiger partial charge in [0.2, 0.25) is 0 Å². The number of ether oxygens (including phenoxy) is 2. The summed E-state index contributed by atoms with van der Waals surface area (Å²) in [7, 11) is 1.31. The Balaban J connectivity index is 1.82. The molecule has 0 aliphatic carbocycles. The summed E-state index contributed by atoms with van der Waals surface area (Å²) < 4.78 is 9.51. The maximum atomic E-state index is 11.8. The third-order valence-corrected chi connectivity index (χ3v) is 3.51. The number of amides is 1. The molecule has 0 spiro atoms. The molecule has 6 nitrogen and oxygen atoms in total. The Morgan fingerprint density at radius 2 is 1.73 bits per heavy atom. The number of hydrogen-bond acceptors (Lipinski definition) is 5. The van der Waals surface area contributed by atoms with E-state index in [1.807, 2.05) is 25.1 Å². The van der Waals surface area contributed by atoms with Gasteiger partial charge in [0.25, 0.3) is 5.91 Å². The first-order valence-electron chi connectivity index (χ1n) is 7.88. The summed E-state index contributed by atoms with van der Waals surface area (Å²) in [5.41, 5.74) is 2.72. The molecule has 0 aliphatic rings. The van der Waals surface area contributed by atoms with Crippen LogP contribution in [-0.2, 0) is 19.1 Å². The first-order valence-corrected chi connectivity index (χ1v) is 7.88. The number of esters is 2. The van der Waals surface area contributed by atoms with Crippen LogP contribution in [0, 0.1) is 6.92 Å². The van der Waals surface area contributed by atoms with Crippen LogP contribution in [0.25, 0.3) is 6.08 Å². The van der Waals surface area contributed by atoms with Gasteiger partial charge in [0, 0.05) is 11.8 Å².